The maximum atomic E-state index is 12.4. The summed E-state index contributed by atoms with van der Waals surface area (Å²) in [5, 5.41) is 12.0. The van der Waals surface area contributed by atoms with E-state index in [0.29, 0.717) is 10.3 Å². The molecule has 0 bridgehead atoms. The minimum atomic E-state index is -1.78. The highest BCUT2D eigenvalue weighted by atomic mass is 35.6. The van der Waals surface area contributed by atoms with E-state index in [9.17, 15) is 14.7 Å². The van der Waals surface area contributed by atoms with Crippen LogP contribution in [0.3, 0.4) is 0 Å². The molecule has 0 radical (unpaired) electrons. The maximum absolute atomic E-state index is 12.4. The number of hydrogen-bond donors (Lipinski definition) is 1. The SMILES string of the molecule is O=C(O)c1cc2c3c(csc3c1C(=O)OCC(Cl)(Cl)Cl)C=NC=C2. The first-order valence-corrected chi connectivity index (χ1v) is 8.54. The molecule has 0 unspecified atom stereocenters. The van der Waals surface area contributed by atoms with Gasteiger partial charge in [0, 0.05) is 28.7 Å². The number of carboxylic acids is 1. The summed E-state index contributed by atoms with van der Waals surface area (Å²) >= 11 is 18.0. The summed E-state index contributed by atoms with van der Waals surface area (Å²) in [4.78, 5) is 28.1. The number of hydrogen-bond acceptors (Lipinski definition) is 5. The Morgan fingerprint density at radius 3 is 2.71 bits per heavy atom. The molecule has 0 atom stereocenters. The van der Waals surface area contributed by atoms with Crippen LogP contribution in [0.5, 0.6) is 0 Å². The third-order valence-corrected chi connectivity index (χ3v) is 4.60. The molecule has 0 aliphatic carbocycles. The van der Waals surface area contributed by atoms with E-state index >= 15 is 0 Å². The average Bonchev–Trinajstić information content (AvgIpc) is 2.80. The molecule has 0 saturated carbocycles. The van der Waals surface area contributed by atoms with E-state index in [-0.39, 0.29) is 11.1 Å². The molecule has 0 fully saturated rings. The second-order valence-electron chi connectivity index (χ2n) is 4.87. The van der Waals surface area contributed by atoms with Gasteiger partial charge < -0.3 is 9.84 Å². The number of alkyl halides is 3. The summed E-state index contributed by atoms with van der Waals surface area (Å²) < 4.78 is 3.69. The third-order valence-electron chi connectivity index (χ3n) is 3.26. The van der Waals surface area contributed by atoms with E-state index in [1.807, 2.05) is 0 Å². The number of halogens is 3. The van der Waals surface area contributed by atoms with Crippen molar-refractivity contribution in [2.24, 2.45) is 4.99 Å². The number of carboxylic acid groups (broad SMARTS) is 1. The number of carbonyl (C=O) groups excluding carboxylic acids is 1. The first-order chi connectivity index (χ1) is 11.3. The van der Waals surface area contributed by atoms with Crippen LogP contribution in [-0.4, -0.2) is 33.7 Å². The molecular formula is C15H8Cl3NO4S. The van der Waals surface area contributed by atoms with E-state index in [4.69, 9.17) is 39.5 Å². The van der Waals surface area contributed by atoms with Crippen LogP contribution in [0.15, 0.2) is 22.6 Å². The van der Waals surface area contributed by atoms with Crippen molar-refractivity contribution in [3.63, 3.8) is 0 Å². The smallest absolute Gasteiger partial charge is 0.340 e. The lowest BCUT2D eigenvalue weighted by Gasteiger charge is -2.13. The molecule has 1 aromatic carbocycles. The van der Waals surface area contributed by atoms with Crippen molar-refractivity contribution in [1.29, 1.82) is 0 Å². The molecule has 1 aliphatic heterocycles. The monoisotopic (exact) mass is 403 g/mol. The molecule has 24 heavy (non-hydrogen) atoms. The Morgan fingerprint density at radius 1 is 1.29 bits per heavy atom. The average molecular weight is 405 g/mol. The predicted molar refractivity (Wildman–Crippen MR) is 96.0 cm³/mol. The fourth-order valence-corrected chi connectivity index (χ4v) is 3.59. The van der Waals surface area contributed by atoms with E-state index < -0.39 is 22.3 Å². The molecular weight excluding hydrogens is 397 g/mol. The Bertz CT molecular complexity index is 912. The standard InChI is InChI=1S/C15H8Cl3NO4S/c16-15(17,18)6-23-14(22)11-9(13(20)21)3-7-1-2-19-4-8-5-24-12(11)10(7)8/h1-5H,6H2,(H,20,21). The summed E-state index contributed by atoms with van der Waals surface area (Å²) in [7, 11) is 0. The van der Waals surface area contributed by atoms with E-state index in [1.54, 1.807) is 23.9 Å². The van der Waals surface area contributed by atoms with E-state index in [2.05, 4.69) is 4.99 Å². The van der Waals surface area contributed by atoms with Gasteiger partial charge in [-0.05, 0) is 17.7 Å². The minimum Gasteiger partial charge on any atom is -0.478 e. The first-order valence-electron chi connectivity index (χ1n) is 6.53. The molecule has 0 amide bonds. The van der Waals surface area contributed by atoms with Crippen molar-refractivity contribution in [2.75, 3.05) is 6.61 Å². The quantitative estimate of drug-likeness (QED) is 0.602. The Morgan fingerprint density at radius 2 is 2.04 bits per heavy atom. The molecule has 2 aromatic rings. The highest BCUT2D eigenvalue weighted by Crippen LogP contribution is 2.36. The lowest BCUT2D eigenvalue weighted by molar-refractivity contribution is 0.0504. The normalized spacial score (nSPS) is 13.1. The number of aromatic carboxylic acids is 1. The second kappa shape index (κ2) is 6.37. The lowest BCUT2D eigenvalue weighted by atomic mass is 9.98. The van der Waals surface area contributed by atoms with Gasteiger partial charge in [-0.2, -0.15) is 0 Å². The van der Waals surface area contributed by atoms with Gasteiger partial charge in [0.1, 0.15) is 6.61 Å². The Kier molecular flexibility index (Phi) is 4.57. The number of carbonyl (C=O) groups is 2. The van der Waals surface area contributed by atoms with Crippen LogP contribution in [0.4, 0.5) is 0 Å². The Balaban J connectivity index is 2.19. The fraction of sp³-hybridized carbons (Fsp3) is 0.133. The predicted octanol–water partition coefficient (Wildman–Crippen LogP) is 4.53. The van der Waals surface area contributed by atoms with Gasteiger partial charge in [0.2, 0.25) is 3.79 Å². The van der Waals surface area contributed by atoms with Crippen molar-refractivity contribution < 1.29 is 19.4 Å². The fourth-order valence-electron chi connectivity index (χ4n) is 2.34. The molecule has 0 spiro atoms. The van der Waals surface area contributed by atoms with Gasteiger partial charge in [-0.3, -0.25) is 4.99 Å². The molecule has 9 heteroatoms. The van der Waals surface area contributed by atoms with Crippen LogP contribution in [0.2, 0.25) is 0 Å². The Labute approximate surface area is 155 Å². The number of aliphatic imine (C=N–C) groups is 1. The highest BCUT2D eigenvalue weighted by Gasteiger charge is 2.28. The van der Waals surface area contributed by atoms with Crippen LogP contribution in [0, 0.1) is 0 Å². The summed E-state index contributed by atoms with van der Waals surface area (Å²) in [6, 6.07) is 1.41. The second-order valence-corrected chi connectivity index (χ2v) is 8.27. The van der Waals surface area contributed by atoms with Gasteiger partial charge >= 0.3 is 11.9 Å². The maximum Gasteiger partial charge on any atom is 0.340 e. The van der Waals surface area contributed by atoms with Gasteiger partial charge in [-0.25, -0.2) is 9.59 Å². The van der Waals surface area contributed by atoms with Gasteiger partial charge in [-0.1, -0.05) is 34.8 Å². The van der Waals surface area contributed by atoms with Gasteiger partial charge in [-0.15, -0.1) is 11.3 Å². The number of rotatable bonds is 3. The summed E-state index contributed by atoms with van der Waals surface area (Å²) in [5.74, 6) is -2.11. The molecule has 1 aromatic heterocycles. The molecule has 1 N–H and O–H groups in total. The van der Waals surface area contributed by atoms with Crippen LogP contribution in [0.25, 0.3) is 16.2 Å². The molecule has 2 heterocycles. The molecule has 5 nitrogen and oxygen atoms in total. The number of ether oxygens (including phenoxy) is 1. The van der Waals surface area contributed by atoms with E-state index in [0.717, 1.165) is 10.9 Å². The van der Waals surface area contributed by atoms with Crippen molar-refractivity contribution in [2.45, 2.75) is 3.79 Å². The van der Waals surface area contributed by atoms with Crippen molar-refractivity contribution in [3.05, 3.63) is 39.9 Å². The van der Waals surface area contributed by atoms with Crippen molar-refractivity contribution in [3.8, 4) is 0 Å². The zero-order valence-electron chi connectivity index (χ0n) is 11.8. The third kappa shape index (κ3) is 3.28. The number of thiophene rings is 1. The first kappa shape index (κ1) is 17.2. The number of esters is 1. The van der Waals surface area contributed by atoms with Crippen molar-refractivity contribution in [1.82, 2.24) is 0 Å². The van der Waals surface area contributed by atoms with Crippen molar-refractivity contribution >= 4 is 80.5 Å². The van der Waals surface area contributed by atoms with Crippen LogP contribution >= 0.6 is 46.1 Å². The molecule has 3 rings (SSSR count). The van der Waals surface area contributed by atoms with Crippen LogP contribution in [-0.2, 0) is 4.74 Å². The zero-order valence-corrected chi connectivity index (χ0v) is 14.8. The van der Waals surface area contributed by atoms with Gasteiger partial charge in [0.05, 0.1) is 15.8 Å². The highest BCUT2D eigenvalue weighted by molar-refractivity contribution is 7.18. The minimum absolute atomic E-state index is 0.0598. The summed E-state index contributed by atoms with van der Waals surface area (Å²) in [5.41, 5.74) is 1.22. The van der Waals surface area contributed by atoms with Gasteiger partial charge in [0.15, 0.2) is 0 Å². The molecule has 0 saturated heterocycles. The van der Waals surface area contributed by atoms with Crippen LogP contribution < -0.4 is 0 Å². The van der Waals surface area contributed by atoms with E-state index in [1.165, 1.54) is 17.4 Å². The molecule has 124 valence electrons. The van der Waals surface area contributed by atoms with Crippen LogP contribution in [0.1, 0.15) is 31.8 Å². The number of nitrogens with zero attached hydrogens (tertiary/aromatic N) is 1. The number of benzene rings is 1. The summed E-state index contributed by atoms with van der Waals surface area (Å²) in [6.45, 7) is -0.488. The topological polar surface area (TPSA) is 76.0 Å². The zero-order chi connectivity index (χ0) is 17.5. The summed E-state index contributed by atoms with van der Waals surface area (Å²) in [6.07, 6.45) is 4.89. The van der Waals surface area contributed by atoms with Gasteiger partial charge in [0.25, 0.3) is 0 Å². The molecule has 1 aliphatic rings. The Hall–Kier alpha value is -1.60. The largest absolute Gasteiger partial charge is 0.478 e. The lowest BCUT2D eigenvalue weighted by Crippen LogP contribution is -2.19.